The Morgan fingerprint density at radius 1 is 0.783 bits per heavy atom. The largest absolute Gasteiger partial charge is 0.427 e. The van der Waals surface area contributed by atoms with E-state index >= 15 is 0 Å². The Labute approximate surface area is 137 Å². The first-order valence-corrected chi connectivity index (χ1v) is 7.42. The molecule has 0 saturated heterocycles. The molecule has 0 aliphatic rings. The number of hydrogen-bond donors (Lipinski definition) is 0. The van der Waals surface area contributed by atoms with E-state index in [-0.39, 0.29) is 5.78 Å². The molecule has 0 aromatic heterocycles. The molecular formula is C18H24O5. The molecule has 0 saturated carbocycles. The highest BCUT2D eigenvalue weighted by molar-refractivity contribution is 6.00. The number of ketones is 1. The Balaban J connectivity index is 2.62. The van der Waals surface area contributed by atoms with Gasteiger partial charge < -0.3 is 9.47 Å². The molecule has 126 valence electrons. The second-order valence-electron chi connectivity index (χ2n) is 7.39. The van der Waals surface area contributed by atoms with E-state index in [1.807, 2.05) is 20.8 Å². The van der Waals surface area contributed by atoms with Crippen molar-refractivity contribution in [2.24, 2.45) is 10.8 Å². The minimum Gasteiger partial charge on any atom is -0.427 e. The summed E-state index contributed by atoms with van der Waals surface area (Å²) in [5.74, 6) is -1.06. The zero-order valence-corrected chi connectivity index (χ0v) is 14.6. The van der Waals surface area contributed by atoms with Crippen LogP contribution in [0.1, 0.15) is 62.3 Å². The van der Waals surface area contributed by atoms with Crippen LogP contribution in [0.5, 0.6) is 0 Å². The molecule has 0 spiro atoms. The zero-order chi connectivity index (χ0) is 17.8. The predicted molar refractivity (Wildman–Crippen MR) is 86.1 cm³/mol. The van der Waals surface area contributed by atoms with Gasteiger partial charge in [0.15, 0.2) is 5.78 Å². The summed E-state index contributed by atoms with van der Waals surface area (Å²) in [4.78, 5) is 35.5. The summed E-state index contributed by atoms with van der Waals surface area (Å²) in [6, 6.07) is 6.22. The Hall–Kier alpha value is -2.17. The molecule has 1 aromatic rings. The maximum atomic E-state index is 12.1. The number of esters is 2. The second-order valence-corrected chi connectivity index (χ2v) is 7.39. The van der Waals surface area contributed by atoms with Crippen LogP contribution in [-0.4, -0.2) is 24.5 Å². The summed E-state index contributed by atoms with van der Waals surface area (Å²) >= 11 is 0. The van der Waals surface area contributed by atoms with E-state index in [1.165, 1.54) is 12.1 Å². The van der Waals surface area contributed by atoms with Gasteiger partial charge in [-0.25, -0.2) is 4.79 Å². The van der Waals surface area contributed by atoms with Crippen LogP contribution in [0.4, 0.5) is 0 Å². The number of rotatable bonds is 4. The molecule has 0 N–H and O–H groups in total. The van der Waals surface area contributed by atoms with E-state index in [0.717, 1.165) is 0 Å². The van der Waals surface area contributed by atoms with Crippen LogP contribution in [0.25, 0.3) is 0 Å². The van der Waals surface area contributed by atoms with Crippen molar-refractivity contribution in [3.8, 4) is 0 Å². The van der Waals surface area contributed by atoms with E-state index in [4.69, 9.17) is 9.47 Å². The van der Waals surface area contributed by atoms with Crippen LogP contribution in [0.2, 0.25) is 0 Å². The van der Waals surface area contributed by atoms with Gasteiger partial charge in [-0.15, -0.1) is 0 Å². The lowest BCUT2D eigenvalue weighted by atomic mass is 9.86. The highest BCUT2D eigenvalue weighted by atomic mass is 16.7. The van der Waals surface area contributed by atoms with Gasteiger partial charge in [-0.05, 0) is 32.9 Å². The topological polar surface area (TPSA) is 69.7 Å². The van der Waals surface area contributed by atoms with Gasteiger partial charge in [0, 0.05) is 11.0 Å². The van der Waals surface area contributed by atoms with E-state index in [0.29, 0.717) is 11.1 Å². The van der Waals surface area contributed by atoms with Crippen molar-refractivity contribution in [2.45, 2.75) is 41.5 Å². The maximum Gasteiger partial charge on any atom is 0.340 e. The first-order chi connectivity index (χ1) is 10.4. The average Bonchev–Trinajstić information content (AvgIpc) is 2.44. The number of carbonyl (C=O) groups is 3. The predicted octanol–water partition coefficient (Wildman–Crippen LogP) is 3.62. The molecule has 0 unspecified atom stereocenters. The van der Waals surface area contributed by atoms with Crippen molar-refractivity contribution in [1.29, 1.82) is 0 Å². The number of hydrogen-bond acceptors (Lipinski definition) is 5. The van der Waals surface area contributed by atoms with Crippen LogP contribution in [-0.2, 0) is 14.3 Å². The Kier molecular flexibility index (Phi) is 5.70. The summed E-state index contributed by atoms with van der Waals surface area (Å²) in [5, 5.41) is 0. The molecule has 0 atom stereocenters. The van der Waals surface area contributed by atoms with Crippen molar-refractivity contribution in [2.75, 3.05) is 6.79 Å². The van der Waals surface area contributed by atoms with Crippen molar-refractivity contribution in [3.63, 3.8) is 0 Å². The fourth-order valence-electron chi connectivity index (χ4n) is 1.63. The molecule has 0 amide bonds. The molecule has 23 heavy (non-hydrogen) atoms. The third kappa shape index (κ3) is 5.51. The summed E-state index contributed by atoms with van der Waals surface area (Å²) in [6.45, 7) is 10.2. The molecule has 5 nitrogen and oxygen atoms in total. The number of benzene rings is 1. The lowest BCUT2D eigenvalue weighted by Crippen LogP contribution is -2.24. The van der Waals surface area contributed by atoms with E-state index in [9.17, 15) is 14.4 Å². The monoisotopic (exact) mass is 320 g/mol. The van der Waals surface area contributed by atoms with E-state index in [2.05, 4.69) is 0 Å². The van der Waals surface area contributed by atoms with Crippen LogP contribution in [0.3, 0.4) is 0 Å². The van der Waals surface area contributed by atoms with Gasteiger partial charge in [0.25, 0.3) is 0 Å². The third-order valence-electron chi connectivity index (χ3n) is 3.06. The van der Waals surface area contributed by atoms with Gasteiger partial charge in [0.2, 0.25) is 6.79 Å². The van der Waals surface area contributed by atoms with Gasteiger partial charge in [-0.3, -0.25) is 9.59 Å². The maximum absolute atomic E-state index is 12.1. The molecule has 0 aliphatic carbocycles. The summed E-state index contributed by atoms with van der Waals surface area (Å²) in [6.07, 6.45) is 0. The first-order valence-electron chi connectivity index (χ1n) is 7.42. The van der Waals surface area contributed by atoms with Crippen LogP contribution < -0.4 is 0 Å². The molecule has 0 bridgehead atoms. The quantitative estimate of drug-likeness (QED) is 0.481. The summed E-state index contributed by atoms with van der Waals surface area (Å²) in [5.41, 5.74) is -0.305. The molecule has 5 heteroatoms. The lowest BCUT2D eigenvalue weighted by Gasteiger charge is -2.17. The smallest absolute Gasteiger partial charge is 0.340 e. The van der Waals surface area contributed by atoms with Gasteiger partial charge in [0.1, 0.15) is 0 Å². The summed E-state index contributed by atoms with van der Waals surface area (Å²) < 4.78 is 9.76. The van der Waals surface area contributed by atoms with Crippen LogP contribution in [0.15, 0.2) is 24.3 Å². The number of Topliss-reactive ketones (excluding diaryl/α,β-unsaturated/α-hetero) is 1. The van der Waals surface area contributed by atoms with Gasteiger partial charge >= 0.3 is 11.9 Å². The number of ether oxygens (including phenoxy) is 2. The zero-order valence-electron chi connectivity index (χ0n) is 14.6. The fraction of sp³-hybridized carbons (Fsp3) is 0.500. The normalized spacial score (nSPS) is 11.7. The molecule has 0 heterocycles. The minimum absolute atomic E-state index is 0.00322. The molecule has 1 aromatic carbocycles. The Morgan fingerprint density at radius 2 is 1.26 bits per heavy atom. The third-order valence-corrected chi connectivity index (χ3v) is 3.06. The molecule has 0 fully saturated rings. The SMILES string of the molecule is CC(C)(C)C(=O)OCOC(=O)c1ccc(C(=O)C(C)(C)C)cc1. The van der Waals surface area contributed by atoms with Crippen LogP contribution >= 0.6 is 0 Å². The molecule has 0 radical (unpaired) electrons. The highest BCUT2D eigenvalue weighted by Gasteiger charge is 2.24. The minimum atomic E-state index is -0.651. The van der Waals surface area contributed by atoms with Crippen molar-refractivity contribution >= 4 is 17.7 Å². The summed E-state index contributed by atoms with van der Waals surface area (Å²) in [7, 11) is 0. The van der Waals surface area contributed by atoms with E-state index < -0.39 is 29.6 Å². The Bertz CT molecular complexity index is 585. The van der Waals surface area contributed by atoms with Crippen molar-refractivity contribution in [1.82, 2.24) is 0 Å². The molecule has 1 rings (SSSR count). The second kappa shape index (κ2) is 6.94. The fourth-order valence-corrected chi connectivity index (χ4v) is 1.63. The number of carbonyl (C=O) groups excluding carboxylic acids is 3. The van der Waals surface area contributed by atoms with Gasteiger partial charge in [-0.2, -0.15) is 0 Å². The van der Waals surface area contributed by atoms with E-state index in [1.54, 1.807) is 32.9 Å². The van der Waals surface area contributed by atoms with Gasteiger partial charge in [-0.1, -0.05) is 32.9 Å². The standard InChI is InChI=1S/C18H24O5/c1-17(2,3)14(19)12-7-9-13(10-8-12)15(20)22-11-23-16(21)18(4,5)6/h7-10H,11H2,1-6H3. The van der Waals surface area contributed by atoms with Crippen molar-refractivity contribution < 1.29 is 23.9 Å². The lowest BCUT2D eigenvalue weighted by molar-refractivity contribution is -0.161. The average molecular weight is 320 g/mol. The van der Waals surface area contributed by atoms with Crippen molar-refractivity contribution in [3.05, 3.63) is 35.4 Å². The Morgan fingerprint density at radius 3 is 1.70 bits per heavy atom. The first kappa shape index (κ1) is 18.9. The molecule has 0 aliphatic heterocycles. The molecular weight excluding hydrogens is 296 g/mol. The highest BCUT2D eigenvalue weighted by Crippen LogP contribution is 2.21. The van der Waals surface area contributed by atoms with Crippen LogP contribution in [0, 0.1) is 10.8 Å². The van der Waals surface area contributed by atoms with Gasteiger partial charge in [0.05, 0.1) is 11.0 Å².